The molecule has 0 atom stereocenters. The molecule has 0 aromatic carbocycles. The van der Waals surface area contributed by atoms with Gasteiger partial charge in [0.25, 0.3) is 0 Å². The number of unbranched alkanes of at least 4 members (excludes halogenated alkanes) is 4. The van der Waals surface area contributed by atoms with Gasteiger partial charge in [0, 0.05) is 18.1 Å². The molecular weight excluding hydrogens is 331 g/mol. The van der Waals surface area contributed by atoms with E-state index in [4.69, 9.17) is 13.0 Å². The number of pyridine rings is 1. The standard InChI is InChI=1S/C14H24N.CHF3O3S/c1-3-5-6-7-8-11-15-12-9-10-14(4-2)13-15;2-1(3,4)8(5,6)7/h9-10,12-13H,3-8,11H2,1-2H3;(H,5,6,7)/q+1;/p-1. The topological polar surface area (TPSA) is 61.1 Å². The lowest BCUT2D eigenvalue weighted by Crippen LogP contribution is -2.33. The van der Waals surface area contributed by atoms with Crippen LogP contribution in [0.15, 0.2) is 24.5 Å². The van der Waals surface area contributed by atoms with Crippen molar-refractivity contribution in [3.05, 3.63) is 30.1 Å². The number of hydrogen-bond donors (Lipinski definition) is 0. The second-order valence-electron chi connectivity index (χ2n) is 5.12. The van der Waals surface area contributed by atoms with Gasteiger partial charge in [0.1, 0.15) is 6.54 Å². The van der Waals surface area contributed by atoms with E-state index in [0.29, 0.717) is 0 Å². The van der Waals surface area contributed by atoms with Gasteiger partial charge < -0.3 is 4.55 Å². The van der Waals surface area contributed by atoms with Crippen LogP contribution in [0, 0.1) is 0 Å². The van der Waals surface area contributed by atoms with Crippen LogP contribution in [0.1, 0.15) is 51.5 Å². The minimum Gasteiger partial charge on any atom is -0.741 e. The van der Waals surface area contributed by atoms with Crippen LogP contribution in [0.2, 0.25) is 0 Å². The third-order valence-electron chi connectivity index (χ3n) is 3.13. The lowest BCUT2D eigenvalue weighted by Gasteiger charge is -2.08. The Morgan fingerprint density at radius 1 is 1.13 bits per heavy atom. The molecule has 0 aliphatic carbocycles. The van der Waals surface area contributed by atoms with Crippen LogP contribution in [-0.4, -0.2) is 18.5 Å². The molecule has 8 heteroatoms. The van der Waals surface area contributed by atoms with E-state index in [-0.39, 0.29) is 0 Å². The number of alkyl halides is 3. The second kappa shape index (κ2) is 10.6. The van der Waals surface area contributed by atoms with Crippen LogP contribution in [0.4, 0.5) is 13.2 Å². The fourth-order valence-electron chi connectivity index (χ4n) is 1.82. The normalized spacial score (nSPS) is 11.7. The summed E-state index contributed by atoms with van der Waals surface area (Å²) >= 11 is 0. The lowest BCUT2D eigenvalue weighted by atomic mass is 10.1. The van der Waals surface area contributed by atoms with E-state index in [9.17, 15) is 13.2 Å². The monoisotopic (exact) mass is 355 g/mol. The van der Waals surface area contributed by atoms with Crippen LogP contribution in [0.3, 0.4) is 0 Å². The maximum absolute atomic E-state index is 10.7. The molecule has 1 aromatic heterocycles. The average molecular weight is 355 g/mol. The highest BCUT2D eigenvalue weighted by Gasteiger charge is 2.36. The summed E-state index contributed by atoms with van der Waals surface area (Å²) in [5.74, 6) is 0. The summed E-state index contributed by atoms with van der Waals surface area (Å²) < 4.78 is 61.2. The summed E-state index contributed by atoms with van der Waals surface area (Å²) in [5.41, 5.74) is -4.21. The van der Waals surface area contributed by atoms with Crippen molar-refractivity contribution in [3.63, 3.8) is 0 Å². The molecule has 23 heavy (non-hydrogen) atoms. The first-order chi connectivity index (χ1) is 10.6. The molecule has 0 amide bonds. The van der Waals surface area contributed by atoms with Gasteiger partial charge in [0.05, 0.1) is 0 Å². The molecule has 0 saturated carbocycles. The minimum absolute atomic E-state index is 1.14. The quantitative estimate of drug-likeness (QED) is 0.325. The summed E-state index contributed by atoms with van der Waals surface area (Å²) in [4.78, 5) is 0. The maximum Gasteiger partial charge on any atom is 0.485 e. The zero-order chi connectivity index (χ0) is 17.9. The van der Waals surface area contributed by atoms with Crippen molar-refractivity contribution in [3.8, 4) is 0 Å². The molecule has 1 aromatic rings. The first-order valence-corrected chi connectivity index (χ1v) is 9.02. The van der Waals surface area contributed by atoms with Gasteiger partial charge in [-0.3, -0.25) is 0 Å². The number of aryl methyl sites for hydroxylation is 2. The number of halogens is 3. The summed E-state index contributed by atoms with van der Waals surface area (Å²) in [7, 11) is -6.09. The van der Waals surface area contributed by atoms with Gasteiger partial charge in [0.2, 0.25) is 0 Å². The largest absolute Gasteiger partial charge is 0.741 e. The van der Waals surface area contributed by atoms with Crippen LogP contribution >= 0.6 is 0 Å². The Morgan fingerprint density at radius 2 is 1.70 bits per heavy atom. The summed E-state index contributed by atoms with van der Waals surface area (Å²) in [6.07, 6.45) is 12.4. The number of aromatic nitrogens is 1. The van der Waals surface area contributed by atoms with Crippen molar-refractivity contribution in [2.24, 2.45) is 0 Å². The lowest BCUT2D eigenvalue weighted by molar-refractivity contribution is -0.697. The van der Waals surface area contributed by atoms with E-state index in [1.807, 2.05) is 0 Å². The molecule has 0 spiro atoms. The molecule has 134 valence electrons. The Hall–Kier alpha value is -1.15. The maximum atomic E-state index is 10.7. The zero-order valence-corrected chi connectivity index (χ0v) is 14.3. The van der Waals surface area contributed by atoms with E-state index in [1.54, 1.807) is 0 Å². The minimum atomic E-state index is -6.09. The summed E-state index contributed by atoms with van der Waals surface area (Å²) in [6, 6.07) is 4.36. The number of nitrogens with zero attached hydrogens (tertiary/aromatic N) is 1. The molecule has 0 bridgehead atoms. The fraction of sp³-hybridized carbons (Fsp3) is 0.667. The van der Waals surface area contributed by atoms with Crippen LogP contribution in [0.25, 0.3) is 0 Å². The van der Waals surface area contributed by atoms with Crippen molar-refractivity contribution in [2.45, 2.75) is 64.4 Å². The molecule has 0 N–H and O–H groups in total. The molecule has 1 heterocycles. The predicted molar refractivity (Wildman–Crippen MR) is 80.5 cm³/mol. The highest BCUT2D eigenvalue weighted by Crippen LogP contribution is 2.20. The molecule has 0 saturated heterocycles. The molecule has 0 radical (unpaired) electrons. The zero-order valence-electron chi connectivity index (χ0n) is 13.5. The molecule has 0 unspecified atom stereocenters. The highest BCUT2D eigenvalue weighted by atomic mass is 32.2. The first kappa shape index (κ1) is 21.9. The number of hydrogen-bond acceptors (Lipinski definition) is 3. The fourth-order valence-corrected chi connectivity index (χ4v) is 1.82. The highest BCUT2D eigenvalue weighted by molar-refractivity contribution is 7.86. The Kier molecular flexibility index (Phi) is 10.1. The van der Waals surface area contributed by atoms with Crippen molar-refractivity contribution < 1.29 is 30.7 Å². The van der Waals surface area contributed by atoms with Gasteiger partial charge >= 0.3 is 5.51 Å². The Balaban J connectivity index is 0.000000515. The average Bonchev–Trinajstić information content (AvgIpc) is 2.46. The Morgan fingerprint density at radius 3 is 2.17 bits per heavy atom. The molecular formula is C15H24F3NO3S. The second-order valence-corrected chi connectivity index (χ2v) is 6.49. The van der Waals surface area contributed by atoms with E-state index in [1.165, 1.54) is 44.2 Å². The summed E-state index contributed by atoms with van der Waals surface area (Å²) in [6.45, 7) is 5.65. The van der Waals surface area contributed by atoms with E-state index >= 15 is 0 Å². The third-order valence-corrected chi connectivity index (χ3v) is 3.70. The Bertz CT molecular complexity index is 545. The van der Waals surface area contributed by atoms with E-state index < -0.39 is 15.6 Å². The summed E-state index contributed by atoms with van der Waals surface area (Å²) in [5, 5.41) is 0. The van der Waals surface area contributed by atoms with Gasteiger partial charge in [-0.05, 0) is 18.9 Å². The molecule has 4 nitrogen and oxygen atoms in total. The van der Waals surface area contributed by atoms with Crippen molar-refractivity contribution in [1.29, 1.82) is 0 Å². The van der Waals surface area contributed by atoms with Crippen molar-refractivity contribution in [2.75, 3.05) is 0 Å². The van der Waals surface area contributed by atoms with Gasteiger partial charge in [-0.25, -0.2) is 13.0 Å². The molecule has 0 aliphatic heterocycles. The number of rotatable bonds is 7. The molecule has 1 rings (SSSR count). The van der Waals surface area contributed by atoms with Gasteiger partial charge in [-0.1, -0.05) is 33.1 Å². The van der Waals surface area contributed by atoms with Crippen LogP contribution in [0.5, 0.6) is 0 Å². The van der Waals surface area contributed by atoms with Crippen molar-refractivity contribution in [1.82, 2.24) is 0 Å². The van der Waals surface area contributed by atoms with Gasteiger partial charge in [0.15, 0.2) is 22.5 Å². The smallest absolute Gasteiger partial charge is 0.485 e. The van der Waals surface area contributed by atoms with E-state index in [2.05, 4.69) is 42.9 Å². The van der Waals surface area contributed by atoms with Crippen LogP contribution < -0.4 is 4.57 Å². The van der Waals surface area contributed by atoms with E-state index in [0.717, 1.165) is 6.42 Å². The third kappa shape index (κ3) is 10.3. The van der Waals surface area contributed by atoms with Crippen LogP contribution in [-0.2, 0) is 23.1 Å². The van der Waals surface area contributed by atoms with Crippen molar-refractivity contribution >= 4 is 10.1 Å². The molecule has 0 fully saturated rings. The molecule has 0 aliphatic rings. The van der Waals surface area contributed by atoms with Gasteiger partial charge in [-0.2, -0.15) is 13.2 Å². The predicted octanol–water partition coefficient (Wildman–Crippen LogP) is 3.56. The van der Waals surface area contributed by atoms with Gasteiger partial charge in [-0.15, -0.1) is 0 Å². The SMILES string of the molecule is CCCCCCC[n+]1cccc(CC)c1.O=S(=O)([O-])C(F)(F)F. The first-order valence-electron chi connectivity index (χ1n) is 7.62. The Labute approximate surface area is 136 Å².